The van der Waals surface area contributed by atoms with Gasteiger partial charge in [0.25, 0.3) is 5.91 Å². The topological polar surface area (TPSA) is 65.2 Å². The van der Waals surface area contributed by atoms with Crippen LogP contribution in [0.5, 0.6) is 0 Å². The van der Waals surface area contributed by atoms with Gasteiger partial charge in [-0.1, -0.05) is 12.1 Å². The Morgan fingerprint density at radius 3 is 2.92 bits per heavy atom. The number of fused-ring (bicyclic) bond motifs is 1. The molecule has 2 aromatic rings. The summed E-state index contributed by atoms with van der Waals surface area (Å²) < 4.78 is 1.82. The van der Waals surface area contributed by atoms with Gasteiger partial charge >= 0.3 is 0 Å². The average Bonchev–Trinajstić information content (AvgIpc) is 2.90. The highest BCUT2D eigenvalue weighted by atomic mass is 16.2. The molecule has 3 rings (SSSR count). The molecule has 0 bridgehead atoms. The molecule has 0 radical (unpaired) electrons. The van der Waals surface area contributed by atoms with E-state index in [1.807, 2.05) is 36.0 Å². The van der Waals surface area contributed by atoms with E-state index >= 15 is 0 Å². The van der Waals surface area contributed by atoms with Gasteiger partial charge in [0.15, 0.2) is 5.69 Å². The molecule has 0 fully saturated rings. The first-order valence-corrected chi connectivity index (χ1v) is 7.97. The Morgan fingerprint density at radius 1 is 1.42 bits per heavy atom. The van der Waals surface area contributed by atoms with Gasteiger partial charge in [-0.25, -0.2) is 0 Å². The first kappa shape index (κ1) is 16.2. The minimum atomic E-state index is -0.0398. The fraction of sp³-hybridized carbons (Fsp3) is 0.389. The van der Waals surface area contributed by atoms with E-state index in [9.17, 15) is 4.79 Å². The molecule has 2 heterocycles. The fourth-order valence-corrected chi connectivity index (χ4v) is 3.14. The summed E-state index contributed by atoms with van der Waals surface area (Å²) in [6, 6.07) is 9.89. The van der Waals surface area contributed by atoms with E-state index in [0.717, 1.165) is 42.9 Å². The van der Waals surface area contributed by atoms with Crippen molar-refractivity contribution in [1.29, 1.82) is 5.26 Å². The number of aryl methyl sites for hydroxylation is 1. The second-order valence-corrected chi connectivity index (χ2v) is 6.37. The third kappa shape index (κ3) is 3.03. The maximum Gasteiger partial charge on any atom is 0.274 e. The van der Waals surface area contributed by atoms with E-state index in [1.54, 1.807) is 19.0 Å². The van der Waals surface area contributed by atoms with Crippen molar-refractivity contribution in [2.45, 2.75) is 19.5 Å². The number of amides is 1. The number of hydrogen-bond acceptors (Lipinski definition) is 4. The summed E-state index contributed by atoms with van der Waals surface area (Å²) in [7, 11) is 5.40. The molecule has 1 amide bonds. The van der Waals surface area contributed by atoms with Crippen molar-refractivity contribution in [3.8, 4) is 6.07 Å². The van der Waals surface area contributed by atoms with Crippen molar-refractivity contribution in [3.05, 3.63) is 52.3 Å². The minimum Gasteiger partial charge on any atom is -0.343 e. The van der Waals surface area contributed by atoms with E-state index in [1.165, 1.54) is 0 Å². The molecule has 1 aromatic carbocycles. The van der Waals surface area contributed by atoms with Crippen LogP contribution in [-0.2, 0) is 26.6 Å². The quantitative estimate of drug-likeness (QED) is 0.860. The van der Waals surface area contributed by atoms with Gasteiger partial charge in [0.2, 0.25) is 0 Å². The molecule has 6 heteroatoms. The van der Waals surface area contributed by atoms with Crippen LogP contribution in [0.3, 0.4) is 0 Å². The molecule has 0 saturated heterocycles. The zero-order chi connectivity index (χ0) is 17.3. The number of aromatic nitrogens is 2. The van der Waals surface area contributed by atoms with Crippen molar-refractivity contribution in [2.24, 2.45) is 7.05 Å². The fourth-order valence-electron chi connectivity index (χ4n) is 3.14. The Bertz CT molecular complexity index is 815. The number of carbonyl (C=O) groups excluding carboxylic acids is 1. The van der Waals surface area contributed by atoms with E-state index in [-0.39, 0.29) is 5.91 Å². The zero-order valence-corrected chi connectivity index (χ0v) is 14.3. The van der Waals surface area contributed by atoms with E-state index in [4.69, 9.17) is 5.26 Å². The lowest BCUT2D eigenvalue weighted by molar-refractivity contribution is 0.0819. The molecule has 0 atom stereocenters. The highest BCUT2D eigenvalue weighted by molar-refractivity contribution is 5.93. The summed E-state index contributed by atoms with van der Waals surface area (Å²) in [4.78, 5) is 16.2. The van der Waals surface area contributed by atoms with Crippen LogP contribution < -0.4 is 0 Å². The lowest BCUT2D eigenvalue weighted by Crippen LogP contribution is -2.32. The summed E-state index contributed by atoms with van der Waals surface area (Å²) >= 11 is 0. The van der Waals surface area contributed by atoms with Crippen LogP contribution >= 0.6 is 0 Å². The Kier molecular flexibility index (Phi) is 4.36. The lowest BCUT2D eigenvalue weighted by atomic mass is 10.0. The SMILES string of the molecule is CN(C)C(=O)c1nn(C)c2c1CCN(Cc1cccc(C#N)c1)C2. The Morgan fingerprint density at radius 2 is 2.21 bits per heavy atom. The molecular weight excluding hydrogens is 302 g/mol. The number of rotatable bonds is 3. The first-order valence-electron chi connectivity index (χ1n) is 7.97. The standard InChI is InChI=1S/C18H21N5O/c1-21(2)18(24)17-15-7-8-23(12-16(15)22(3)20-17)11-14-6-4-5-13(9-14)10-19/h4-6,9H,7-8,11-12H2,1-3H3. The summed E-state index contributed by atoms with van der Waals surface area (Å²) in [6.07, 6.45) is 0.816. The van der Waals surface area contributed by atoms with Crippen molar-refractivity contribution in [1.82, 2.24) is 19.6 Å². The molecule has 0 spiro atoms. The van der Waals surface area contributed by atoms with Crippen LogP contribution in [0.25, 0.3) is 0 Å². The first-order chi connectivity index (χ1) is 11.5. The molecule has 1 aromatic heterocycles. The normalized spacial score (nSPS) is 14.1. The molecule has 6 nitrogen and oxygen atoms in total. The van der Waals surface area contributed by atoms with Gasteiger partial charge < -0.3 is 4.90 Å². The maximum absolute atomic E-state index is 12.3. The monoisotopic (exact) mass is 323 g/mol. The van der Waals surface area contributed by atoms with Crippen molar-refractivity contribution in [2.75, 3.05) is 20.6 Å². The molecule has 1 aliphatic rings. The lowest BCUT2D eigenvalue weighted by Gasteiger charge is -2.27. The molecule has 0 aliphatic carbocycles. The van der Waals surface area contributed by atoms with Gasteiger partial charge in [-0.15, -0.1) is 0 Å². The van der Waals surface area contributed by atoms with E-state index in [0.29, 0.717) is 11.3 Å². The second-order valence-electron chi connectivity index (χ2n) is 6.37. The van der Waals surface area contributed by atoms with Crippen LogP contribution in [0.2, 0.25) is 0 Å². The third-order valence-electron chi connectivity index (χ3n) is 4.40. The van der Waals surface area contributed by atoms with Crippen LogP contribution in [0.4, 0.5) is 0 Å². The van der Waals surface area contributed by atoms with Crippen molar-refractivity contribution < 1.29 is 4.79 Å². The number of hydrogen-bond donors (Lipinski definition) is 0. The van der Waals surface area contributed by atoms with Gasteiger partial charge in [-0.05, 0) is 24.1 Å². The van der Waals surface area contributed by atoms with Crippen LogP contribution in [-0.4, -0.2) is 46.1 Å². The molecule has 0 unspecified atom stereocenters. The van der Waals surface area contributed by atoms with E-state index < -0.39 is 0 Å². The van der Waals surface area contributed by atoms with Crippen LogP contribution in [0, 0.1) is 11.3 Å². The van der Waals surface area contributed by atoms with Crippen molar-refractivity contribution in [3.63, 3.8) is 0 Å². The predicted molar refractivity (Wildman–Crippen MR) is 90.2 cm³/mol. The highest BCUT2D eigenvalue weighted by Gasteiger charge is 2.27. The molecule has 0 saturated carbocycles. The largest absolute Gasteiger partial charge is 0.343 e. The number of nitriles is 1. The Hall–Kier alpha value is -2.65. The Balaban J connectivity index is 1.80. The van der Waals surface area contributed by atoms with Gasteiger partial charge in [-0.3, -0.25) is 14.4 Å². The van der Waals surface area contributed by atoms with E-state index in [2.05, 4.69) is 16.1 Å². The second kappa shape index (κ2) is 6.46. The predicted octanol–water partition coefficient (Wildman–Crippen LogP) is 1.55. The highest BCUT2D eigenvalue weighted by Crippen LogP contribution is 2.24. The zero-order valence-electron chi connectivity index (χ0n) is 14.3. The van der Waals surface area contributed by atoms with Crippen LogP contribution in [0.1, 0.15) is 32.9 Å². The Labute approximate surface area is 141 Å². The number of carbonyl (C=O) groups is 1. The smallest absolute Gasteiger partial charge is 0.274 e. The summed E-state index contributed by atoms with van der Waals surface area (Å²) in [5, 5.41) is 13.5. The molecule has 1 aliphatic heterocycles. The van der Waals surface area contributed by atoms with Gasteiger partial charge in [0.05, 0.1) is 17.3 Å². The minimum absolute atomic E-state index is 0.0398. The summed E-state index contributed by atoms with van der Waals surface area (Å²) in [5.74, 6) is -0.0398. The van der Waals surface area contributed by atoms with Crippen molar-refractivity contribution >= 4 is 5.91 Å². The third-order valence-corrected chi connectivity index (χ3v) is 4.40. The number of nitrogens with zero attached hydrogens (tertiary/aromatic N) is 5. The summed E-state index contributed by atoms with van der Waals surface area (Å²) in [6.45, 7) is 2.43. The maximum atomic E-state index is 12.3. The molecule has 24 heavy (non-hydrogen) atoms. The molecule has 124 valence electrons. The molecule has 0 N–H and O–H groups in total. The van der Waals surface area contributed by atoms with Crippen LogP contribution in [0.15, 0.2) is 24.3 Å². The number of benzene rings is 1. The summed E-state index contributed by atoms with van der Waals surface area (Å²) in [5.41, 5.74) is 4.55. The van der Waals surface area contributed by atoms with Gasteiger partial charge in [0, 0.05) is 46.3 Å². The van der Waals surface area contributed by atoms with Gasteiger partial charge in [-0.2, -0.15) is 10.4 Å². The average molecular weight is 323 g/mol. The molecular formula is C18H21N5O. The van der Waals surface area contributed by atoms with Gasteiger partial charge in [0.1, 0.15) is 0 Å².